The minimum absolute atomic E-state index is 0.0248. The van der Waals surface area contributed by atoms with Crippen molar-refractivity contribution in [1.29, 1.82) is 0 Å². The van der Waals surface area contributed by atoms with E-state index in [2.05, 4.69) is 0 Å². The highest BCUT2D eigenvalue weighted by atomic mass is 32.2. The maximum absolute atomic E-state index is 15.0. The zero-order valence-electron chi connectivity index (χ0n) is 18.0. The minimum Gasteiger partial charge on any atom is -0.497 e. The average Bonchev–Trinajstić information content (AvgIpc) is 2.81. The Kier molecular flexibility index (Phi) is 6.21. The summed E-state index contributed by atoms with van der Waals surface area (Å²) in [6.07, 6.45) is 2.08. The number of sulfone groups is 1. The number of aryl methyl sites for hydroxylation is 1. The summed E-state index contributed by atoms with van der Waals surface area (Å²) in [4.78, 5) is 14.7. The minimum atomic E-state index is -4.11. The number of aromatic nitrogens is 1. The first-order valence-electron chi connectivity index (χ1n) is 10.5. The molecule has 32 heavy (non-hydrogen) atoms. The average molecular weight is 461 g/mol. The van der Waals surface area contributed by atoms with E-state index in [1.807, 2.05) is 11.8 Å². The molecule has 0 N–H and O–H groups in total. The molecule has 2 heterocycles. The summed E-state index contributed by atoms with van der Waals surface area (Å²) in [6, 6.07) is 8.62. The van der Waals surface area contributed by atoms with Crippen LogP contribution in [-0.4, -0.2) is 46.4 Å². The van der Waals surface area contributed by atoms with Crippen LogP contribution in [0.3, 0.4) is 0 Å². The Labute approximate surface area is 185 Å². The van der Waals surface area contributed by atoms with Crippen LogP contribution < -0.4 is 15.1 Å². The zero-order valence-corrected chi connectivity index (χ0v) is 18.8. The normalized spacial score (nSPS) is 14.7. The molecule has 170 valence electrons. The van der Waals surface area contributed by atoms with Crippen molar-refractivity contribution in [2.24, 2.45) is 0 Å². The van der Waals surface area contributed by atoms with Crippen molar-refractivity contribution in [2.45, 2.75) is 29.7 Å². The second-order valence-corrected chi connectivity index (χ2v) is 9.53. The molecule has 0 saturated carbocycles. The summed E-state index contributed by atoms with van der Waals surface area (Å²) in [6.45, 7) is 4.52. The maximum atomic E-state index is 15.0. The van der Waals surface area contributed by atoms with Gasteiger partial charge in [-0.25, -0.2) is 12.8 Å². The molecule has 0 atom stereocenters. The van der Waals surface area contributed by atoms with Gasteiger partial charge in [-0.05, 0) is 42.8 Å². The molecule has 1 aromatic heterocycles. The van der Waals surface area contributed by atoms with Gasteiger partial charge in [-0.3, -0.25) is 4.79 Å². The zero-order chi connectivity index (χ0) is 22.9. The molecule has 1 aliphatic rings. The van der Waals surface area contributed by atoms with Crippen molar-refractivity contribution in [3.63, 3.8) is 0 Å². The maximum Gasteiger partial charge on any atom is 0.211 e. The van der Waals surface area contributed by atoms with Crippen LogP contribution in [0.1, 0.15) is 13.3 Å². The lowest BCUT2D eigenvalue weighted by molar-refractivity contribution is 0.122. The van der Waals surface area contributed by atoms with Crippen molar-refractivity contribution in [3.05, 3.63) is 58.6 Å². The van der Waals surface area contributed by atoms with Crippen molar-refractivity contribution < 1.29 is 22.3 Å². The number of benzene rings is 2. The Morgan fingerprint density at radius 1 is 1.12 bits per heavy atom. The second kappa shape index (κ2) is 8.91. The molecule has 3 aromatic rings. The standard InChI is InChI=1S/C23H25FN2O5S/c1-3-8-26-15-22(32(28,29)17-6-4-16(30-2)5-7-17)23(27)18-13-19(24)21(14-20(18)26)25-9-11-31-12-10-25/h4-7,13-15H,3,8-12H2,1-2H3. The van der Waals surface area contributed by atoms with Crippen LogP contribution >= 0.6 is 0 Å². The van der Waals surface area contributed by atoms with E-state index in [0.717, 1.165) is 6.07 Å². The van der Waals surface area contributed by atoms with Gasteiger partial charge in [-0.2, -0.15) is 0 Å². The van der Waals surface area contributed by atoms with E-state index in [1.165, 1.54) is 37.6 Å². The number of pyridine rings is 1. The first-order valence-corrected chi connectivity index (χ1v) is 11.9. The van der Waals surface area contributed by atoms with E-state index >= 15 is 4.39 Å². The van der Waals surface area contributed by atoms with E-state index in [-0.39, 0.29) is 15.2 Å². The molecule has 9 heteroatoms. The molecule has 7 nitrogen and oxygen atoms in total. The van der Waals surface area contributed by atoms with Gasteiger partial charge in [-0.1, -0.05) is 6.92 Å². The molecule has 1 saturated heterocycles. The molecular formula is C23H25FN2O5S. The Bertz CT molecular complexity index is 1300. The van der Waals surface area contributed by atoms with E-state index < -0.39 is 21.1 Å². The highest BCUT2D eigenvalue weighted by Crippen LogP contribution is 2.28. The van der Waals surface area contributed by atoms with Crippen molar-refractivity contribution in [1.82, 2.24) is 4.57 Å². The SMILES string of the molecule is CCCn1cc(S(=O)(=O)c2ccc(OC)cc2)c(=O)c2cc(F)c(N3CCOCC3)cc21. The van der Waals surface area contributed by atoms with Gasteiger partial charge in [0.25, 0.3) is 0 Å². The van der Waals surface area contributed by atoms with Gasteiger partial charge in [0.2, 0.25) is 15.3 Å². The summed E-state index contributed by atoms with van der Waals surface area (Å²) in [5, 5.41) is 0.0440. The van der Waals surface area contributed by atoms with Crippen LogP contribution in [0.25, 0.3) is 10.9 Å². The first kappa shape index (κ1) is 22.3. The van der Waals surface area contributed by atoms with E-state index in [4.69, 9.17) is 9.47 Å². The number of hydrogen-bond donors (Lipinski definition) is 0. The highest BCUT2D eigenvalue weighted by molar-refractivity contribution is 7.91. The third kappa shape index (κ3) is 3.98. The van der Waals surface area contributed by atoms with Gasteiger partial charge < -0.3 is 18.9 Å². The number of methoxy groups -OCH3 is 1. The third-order valence-electron chi connectivity index (χ3n) is 5.59. The molecule has 1 aliphatic heterocycles. The Balaban J connectivity index is 1.91. The smallest absolute Gasteiger partial charge is 0.211 e. The Morgan fingerprint density at radius 3 is 2.44 bits per heavy atom. The van der Waals surface area contributed by atoms with Gasteiger partial charge in [0.1, 0.15) is 16.5 Å². The van der Waals surface area contributed by atoms with Crippen LogP contribution in [0.4, 0.5) is 10.1 Å². The van der Waals surface area contributed by atoms with E-state index in [0.29, 0.717) is 56.2 Å². The number of nitrogens with zero attached hydrogens (tertiary/aromatic N) is 2. The van der Waals surface area contributed by atoms with Gasteiger partial charge in [0, 0.05) is 25.8 Å². The van der Waals surface area contributed by atoms with Gasteiger partial charge in [-0.15, -0.1) is 0 Å². The topological polar surface area (TPSA) is 77.8 Å². The van der Waals surface area contributed by atoms with Crippen LogP contribution in [0.2, 0.25) is 0 Å². The Morgan fingerprint density at radius 2 is 1.81 bits per heavy atom. The van der Waals surface area contributed by atoms with Gasteiger partial charge in [0.05, 0.1) is 41.8 Å². The molecule has 0 bridgehead atoms. The molecule has 2 aromatic carbocycles. The lowest BCUT2D eigenvalue weighted by Crippen LogP contribution is -2.36. The van der Waals surface area contributed by atoms with Gasteiger partial charge >= 0.3 is 0 Å². The summed E-state index contributed by atoms with van der Waals surface area (Å²) >= 11 is 0. The molecule has 4 rings (SSSR count). The molecule has 0 radical (unpaired) electrons. The molecule has 0 unspecified atom stereocenters. The summed E-state index contributed by atoms with van der Waals surface area (Å²) in [5.41, 5.74) is 0.180. The lowest BCUT2D eigenvalue weighted by Gasteiger charge is -2.29. The fraction of sp³-hybridized carbons (Fsp3) is 0.348. The summed E-state index contributed by atoms with van der Waals surface area (Å²) < 4.78 is 53.8. The lowest BCUT2D eigenvalue weighted by atomic mass is 10.1. The van der Waals surface area contributed by atoms with E-state index in [1.54, 1.807) is 10.6 Å². The quantitative estimate of drug-likeness (QED) is 0.562. The fourth-order valence-corrected chi connectivity index (χ4v) is 5.29. The van der Waals surface area contributed by atoms with Crippen LogP contribution in [0, 0.1) is 5.82 Å². The number of hydrogen-bond acceptors (Lipinski definition) is 6. The second-order valence-electron chi connectivity index (χ2n) is 7.62. The molecule has 1 fully saturated rings. The van der Waals surface area contributed by atoms with Crippen molar-refractivity contribution in [2.75, 3.05) is 38.3 Å². The molecule has 0 amide bonds. The molecular weight excluding hydrogens is 435 g/mol. The summed E-state index contributed by atoms with van der Waals surface area (Å²) in [5.74, 6) is -0.0536. The largest absolute Gasteiger partial charge is 0.497 e. The number of morpholine rings is 1. The van der Waals surface area contributed by atoms with Gasteiger partial charge in [0.15, 0.2) is 0 Å². The number of ether oxygens (including phenoxy) is 2. The predicted octanol–water partition coefficient (Wildman–Crippen LogP) is 3.23. The Hall–Kier alpha value is -2.91. The first-order chi connectivity index (χ1) is 15.4. The predicted molar refractivity (Wildman–Crippen MR) is 120 cm³/mol. The molecule has 0 aliphatic carbocycles. The number of halogens is 1. The monoisotopic (exact) mass is 460 g/mol. The third-order valence-corrected chi connectivity index (χ3v) is 7.35. The number of anilines is 1. The van der Waals surface area contributed by atoms with Crippen molar-refractivity contribution in [3.8, 4) is 5.75 Å². The number of fused-ring (bicyclic) bond motifs is 1. The van der Waals surface area contributed by atoms with Crippen molar-refractivity contribution >= 4 is 26.4 Å². The highest BCUT2D eigenvalue weighted by Gasteiger charge is 2.25. The van der Waals surface area contributed by atoms with Crippen LogP contribution in [0.5, 0.6) is 5.75 Å². The van der Waals surface area contributed by atoms with Crippen LogP contribution in [-0.2, 0) is 21.1 Å². The summed E-state index contributed by atoms with van der Waals surface area (Å²) in [7, 11) is -2.63. The number of rotatable bonds is 6. The molecule has 0 spiro atoms. The fourth-order valence-electron chi connectivity index (χ4n) is 3.92. The van der Waals surface area contributed by atoms with Crippen LogP contribution in [0.15, 0.2) is 57.2 Å². The van der Waals surface area contributed by atoms with E-state index in [9.17, 15) is 13.2 Å².